The minimum absolute atomic E-state index is 0.217. The van der Waals surface area contributed by atoms with Crippen molar-refractivity contribution in [2.75, 3.05) is 48.3 Å². The molecule has 11 heteroatoms. The number of aryl methyl sites for hydroxylation is 1. The van der Waals surface area contributed by atoms with Crippen molar-refractivity contribution in [3.8, 4) is 0 Å². The standard InChI is InChI=1S/C26H30N10O/c1-2-22-30-25(31-23-9-8-20(18-28-23)24(37)29-21-6-4-3-5-7-21)33-26(32-22)36-16-14-34(15-17-36)12-13-35-11-10-27-19-35/h3-11,18-19H,2,12-17H2,1H3,(H,29,37)(H,28,30,31,32,33). The van der Waals surface area contributed by atoms with E-state index in [2.05, 4.69) is 49.9 Å². The molecule has 1 saturated heterocycles. The summed E-state index contributed by atoms with van der Waals surface area (Å²) < 4.78 is 2.10. The number of amides is 1. The molecule has 11 nitrogen and oxygen atoms in total. The maximum Gasteiger partial charge on any atom is 0.257 e. The van der Waals surface area contributed by atoms with Gasteiger partial charge in [0, 0.05) is 70.0 Å². The van der Waals surface area contributed by atoms with Crippen LogP contribution in [0.1, 0.15) is 23.1 Å². The van der Waals surface area contributed by atoms with Crippen LogP contribution in [-0.4, -0.2) is 73.0 Å². The van der Waals surface area contributed by atoms with E-state index in [4.69, 9.17) is 0 Å². The van der Waals surface area contributed by atoms with Crippen LogP contribution in [0.25, 0.3) is 0 Å². The Balaban J connectivity index is 1.20. The predicted octanol–water partition coefficient (Wildman–Crippen LogP) is 2.84. The number of benzene rings is 1. The van der Waals surface area contributed by atoms with Gasteiger partial charge >= 0.3 is 0 Å². The summed E-state index contributed by atoms with van der Waals surface area (Å²) in [6.45, 7) is 7.52. The van der Waals surface area contributed by atoms with Gasteiger partial charge in [-0.2, -0.15) is 15.0 Å². The van der Waals surface area contributed by atoms with Gasteiger partial charge in [0.25, 0.3) is 5.91 Å². The van der Waals surface area contributed by atoms with Crippen LogP contribution >= 0.6 is 0 Å². The second kappa shape index (κ2) is 11.6. The van der Waals surface area contributed by atoms with Crippen molar-refractivity contribution in [2.24, 2.45) is 0 Å². The average Bonchev–Trinajstić information content (AvgIpc) is 3.47. The highest BCUT2D eigenvalue weighted by molar-refractivity contribution is 6.04. The minimum Gasteiger partial charge on any atom is -0.338 e. The molecule has 0 saturated carbocycles. The molecule has 0 radical (unpaired) electrons. The highest BCUT2D eigenvalue weighted by Gasteiger charge is 2.20. The lowest BCUT2D eigenvalue weighted by Crippen LogP contribution is -2.47. The number of hydrogen-bond acceptors (Lipinski definition) is 9. The van der Waals surface area contributed by atoms with Crippen molar-refractivity contribution >= 4 is 29.3 Å². The fourth-order valence-corrected chi connectivity index (χ4v) is 4.05. The van der Waals surface area contributed by atoms with Crippen LogP contribution < -0.4 is 15.5 Å². The smallest absolute Gasteiger partial charge is 0.257 e. The molecule has 1 fully saturated rings. The summed E-state index contributed by atoms with van der Waals surface area (Å²) in [6.07, 6.45) is 7.88. The number of carbonyl (C=O) groups is 1. The van der Waals surface area contributed by atoms with E-state index in [-0.39, 0.29) is 5.91 Å². The minimum atomic E-state index is -0.217. The summed E-state index contributed by atoms with van der Waals surface area (Å²) in [6, 6.07) is 12.8. The van der Waals surface area contributed by atoms with Crippen molar-refractivity contribution < 1.29 is 4.79 Å². The van der Waals surface area contributed by atoms with E-state index >= 15 is 0 Å². The number of piperazine rings is 1. The van der Waals surface area contributed by atoms with E-state index in [1.165, 1.54) is 6.20 Å². The lowest BCUT2D eigenvalue weighted by Gasteiger charge is -2.34. The molecule has 3 aromatic heterocycles. The van der Waals surface area contributed by atoms with Gasteiger partial charge in [0.1, 0.15) is 11.6 Å². The number of imidazole rings is 1. The molecule has 0 aliphatic carbocycles. The number of rotatable bonds is 9. The zero-order chi connectivity index (χ0) is 25.5. The van der Waals surface area contributed by atoms with E-state index in [0.29, 0.717) is 35.5 Å². The maximum atomic E-state index is 12.5. The first-order chi connectivity index (χ1) is 18.2. The Bertz CT molecular complexity index is 1290. The van der Waals surface area contributed by atoms with Crippen LogP contribution in [0, 0.1) is 0 Å². The van der Waals surface area contributed by atoms with Crippen LogP contribution in [0.5, 0.6) is 0 Å². The summed E-state index contributed by atoms with van der Waals surface area (Å²) in [5.41, 5.74) is 1.20. The lowest BCUT2D eigenvalue weighted by molar-refractivity contribution is 0.102. The van der Waals surface area contributed by atoms with Crippen LogP contribution in [0.4, 0.5) is 23.4 Å². The molecule has 1 aliphatic rings. The third kappa shape index (κ3) is 6.44. The molecule has 1 amide bonds. The molecular weight excluding hydrogens is 468 g/mol. The van der Waals surface area contributed by atoms with Crippen molar-refractivity contribution in [1.82, 2.24) is 34.4 Å². The number of pyridine rings is 1. The van der Waals surface area contributed by atoms with Crippen LogP contribution in [0.15, 0.2) is 67.4 Å². The largest absolute Gasteiger partial charge is 0.338 e. The zero-order valence-corrected chi connectivity index (χ0v) is 20.8. The van der Waals surface area contributed by atoms with Crippen LogP contribution in [-0.2, 0) is 13.0 Å². The average molecular weight is 499 g/mol. The molecule has 4 aromatic rings. The van der Waals surface area contributed by atoms with Gasteiger partial charge in [-0.3, -0.25) is 9.69 Å². The normalized spacial score (nSPS) is 13.9. The van der Waals surface area contributed by atoms with Gasteiger partial charge in [-0.25, -0.2) is 9.97 Å². The molecule has 0 atom stereocenters. The number of nitrogens with zero attached hydrogens (tertiary/aromatic N) is 8. The first-order valence-electron chi connectivity index (χ1n) is 12.4. The number of carbonyl (C=O) groups excluding carboxylic acids is 1. The number of anilines is 4. The number of para-hydroxylation sites is 1. The number of aromatic nitrogens is 6. The summed E-state index contributed by atoms with van der Waals surface area (Å²) in [4.78, 5) is 39.5. The zero-order valence-electron chi connectivity index (χ0n) is 20.8. The van der Waals surface area contributed by atoms with E-state index < -0.39 is 0 Å². The summed E-state index contributed by atoms with van der Waals surface area (Å²) in [5.74, 6) is 2.17. The van der Waals surface area contributed by atoms with Crippen LogP contribution in [0.2, 0.25) is 0 Å². The van der Waals surface area contributed by atoms with E-state index in [9.17, 15) is 4.79 Å². The Hall–Kier alpha value is -4.38. The predicted molar refractivity (Wildman–Crippen MR) is 142 cm³/mol. The molecule has 0 spiro atoms. The summed E-state index contributed by atoms with van der Waals surface area (Å²) >= 11 is 0. The molecule has 1 aromatic carbocycles. The summed E-state index contributed by atoms with van der Waals surface area (Å²) in [7, 11) is 0. The second-order valence-electron chi connectivity index (χ2n) is 8.74. The van der Waals surface area contributed by atoms with Crippen LogP contribution in [0.3, 0.4) is 0 Å². The van der Waals surface area contributed by atoms with Gasteiger partial charge in [0.15, 0.2) is 0 Å². The van der Waals surface area contributed by atoms with Crippen molar-refractivity contribution in [3.63, 3.8) is 0 Å². The Labute approximate surface area is 215 Å². The topological polar surface area (TPSA) is 117 Å². The molecule has 2 N–H and O–H groups in total. The highest BCUT2D eigenvalue weighted by atomic mass is 16.1. The van der Waals surface area contributed by atoms with Gasteiger partial charge < -0.3 is 20.1 Å². The van der Waals surface area contributed by atoms with Gasteiger partial charge in [-0.15, -0.1) is 0 Å². The van der Waals surface area contributed by atoms with E-state index in [1.807, 2.05) is 56.0 Å². The molecule has 1 aliphatic heterocycles. The maximum absolute atomic E-state index is 12.5. The molecule has 4 heterocycles. The number of hydrogen-bond donors (Lipinski definition) is 2. The quantitative estimate of drug-likeness (QED) is 0.359. The van der Waals surface area contributed by atoms with Crippen molar-refractivity contribution in [3.05, 3.63) is 78.8 Å². The molecule has 37 heavy (non-hydrogen) atoms. The van der Waals surface area contributed by atoms with Gasteiger partial charge in [-0.05, 0) is 24.3 Å². The highest BCUT2D eigenvalue weighted by Crippen LogP contribution is 2.17. The van der Waals surface area contributed by atoms with Crippen molar-refractivity contribution in [1.29, 1.82) is 0 Å². The lowest BCUT2D eigenvalue weighted by atomic mass is 10.2. The third-order valence-corrected chi connectivity index (χ3v) is 6.17. The SMILES string of the molecule is CCc1nc(Nc2ccc(C(=O)Nc3ccccc3)cn2)nc(N2CCN(CCn3ccnc3)CC2)n1. The monoisotopic (exact) mass is 498 g/mol. The summed E-state index contributed by atoms with van der Waals surface area (Å²) in [5, 5.41) is 6.03. The first-order valence-corrected chi connectivity index (χ1v) is 12.4. The molecule has 0 bridgehead atoms. The Kier molecular flexibility index (Phi) is 7.60. The first kappa shape index (κ1) is 24.3. The third-order valence-electron chi connectivity index (χ3n) is 6.17. The van der Waals surface area contributed by atoms with E-state index in [0.717, 1.165) is 45.0 Å². The number of nitrogens with one attached hydrogen (secondary N) is 2. The molecule has 190 valence electrons. The Morgan fingerprint density at radius 1 is 0.973 bits per heavy atom. The van der Waals surface area contributed by atoms with Gasteiger partial charge in [0.05, 0.1) is 11.9 Å². The Morgan fingerprint density at radius 3 is 2.51 bits per heavy atom. The van der Waals surface area contributed by atoms with E-state index in [1.54, 1.807) is 12.1 Å². The molecule has 0 unspecified atom stereocenters. The fourth-order valence-electron chi connectivity index (χ4n) is 4.05. The van der Waals surface area contributed by atoms with Crippen molar-refractivity contribution in [2.45, 2.75) is 19.9 Å². The fraction of sp³-hybridized carbons (Fsp3) is 0.308. The van der Waals surface area contributed by atoms with Gasteiger partial charge in [-0.1, -0.05) is 25.1 Å². The molecule has 5 rings (SSSR count). The molecular formula is C26H30N10O. The Morgan fingerprint density at radius 2 is 1.81 bits per heavy atom. The second-order valence-corrected chi connectivity index (χ2v) is 8.74. The van der Waals surface area contributed by atoms with Gasteiger partial charge in [0.2, 0.25) is 11.9 Å².